The zero-order valence-electron chi connectivity index (χ0n) is 39.6. The number of hydrogen-bond donors (Lipinski definition) is 2. The molecule has 0 saturated carbocycles. The van der Waals surface area contributed by atoms with Crippen LogP contribution in [-0.4, -0.2) is 33.4 Å². The van der Waals surface area contributed by atoms with E-state index in [9.17, 15) is 0 Å². The van der Waals surface area contributed by atoms with Crippen molar-refractivity contribution >= 4 is 34.8 Å². The van der Waals surface area contributed by atoms with Crippen molar-refractivity contribution in [3.8, 4) is 0 Å². The Morgan fingerprint density at radius 1 is 0.316 bits per heavy atom. The summed E-state index contributed by atoms with van der Waals surface area (Å²) in [5.74, 6) is 0.443. The summed E-state index contributed by atoms with van der Waals surface area (Å²) in [7, 11) is -2.15. The maximum atomic E-state index is 6.48. The third-order valence-electron chi connectivity index (χ3n) is 12.6. The van der Waals surface area contributed by atoms with Crippen LogP contribution in [0, 0.1) is 5.92 Å². The number of unbranched alkanes of at least 4 members (excludes halogenated alkanes) is 36. The average Bonchev–Trinajstić information content (AvgIpc) is 3.21. The third kappa shape index (κ3) is 43.2. The summed E-state index contributed by atoms with van der Waals surface area (Å²) >= 11 is 10.1. The number of hydrogen-bond acceptors (Lipinski definition) is 5. The van der Waals surface area contributed by atoms with Crippen LogP contribution in [0.3, 0.4) is 0 Å². The van der Waals surface area contributed by atoms with Gasteiger partial charge in [0.05, 0.1) is 4.08 Å². The number of rotatable bonds is 50. The van der Waals surface area contributed by atoms with Gasteiger partial charge in [-0.25, -0.2) is 0 Å². The van der Waals surface area contributed by atoms with Crippen LogP contribution in [-0.2, 0) is 13.3 Å². The SMILES string of the molecule is CCCCCCCCCCCCCCCCO[SiH](OCCCCCCCCCCCCCCCC)OCCC(CCCCCCCCCCCCC)C(S)(S)CC. The van der Waals surface area contributed by atoms with E-state index in [0.717, 1.165) is 38.9 Å². The molecule has 0 amide bonds. The summed E-state index contributed by atoms with van der Waals surface area (Å²) < 4.78 is 19.0. The molecule has 0 saturated heterocycles. The predicted molar refractivity (Wildman–Crippen MR) is 266 cm³/mol. The van der Waals surface area contributed by atoms with Gasteiger partial charge in [-0.1, -0.05) is 265 Å². The number of thiol groups is 2. The van der Waals surface area contributed by atoms with Crippen molar-refractivity contribution in [3.63, 3.8) is 0 Å². The third-order valence-corrected chi connectivity index (χ3v) is 15.4. The summed E-state index contributed by atoms with van der Waals surface area (Å²) in [5, 5.41) is 0. The van der Waals surface area contributed by atoms with E-state index >= 15 is 0 Å². The Bertz CT molecular complexity index is 707. The zero-order chi connectivity index (χ0) is 41.6. The molecule has 0 bridgehead atoms. The fraction of sp³-hybridized carbons (Fsp3) is 1.00. The second kappa shape index (κ2) is 47.8. The molecule has 0 aliphatic carbocycles. The molecule has 57 heavy (non-hydrogen) atoms. The van der Waals surface area contributed by atoms with Crippen molar-refractivity contribution in [2.45, 2.75) is 301 Å². The lowest BCUT2D eigenvalue weighted by Crippen LogP contribution is -2.31. The van der Waals surface area contributed by atoms with Gasteiger partial charge in [-0.3, -0.25) is 0 Å². The molecule has 0 aliphatic rings. The minimum absolute atomic E-state index is 0.247. The van der Waals surface area contributed by atoms with Crippen LogP contribution >= 0.6 is 25.3 Å². The van der Waals surface area contributed by atoms with E-state index < -0.39 is 9.53 Å². The van der Waals surface area contributed by atoms with Crippen molar-refractivity contribution in [1.29, 1.82) is 0 Å². The predicted octanol–water partition coefficient (Wildman–Crippen LogP) is 18.4. The minimum atomic E-state index is -2.15. The van der Waals surface area contributed by atoms with Gasteiger partial charge in [0.25, 0.3) is 0 Å². The van der Waals surface area contributed by atoms with Crippen molar-refractivity contribution in [2.75, 3.05) is 19.8 Å². The van der Waals surface area contributed by atoms with E-state index in [-0.39, 0.29) is 4.08 Å². The van der Waals surface area contributed by atoms with Gasteiger partial charge in [-0.15, -0.1) is 0 Å². The first-order valence-electron chi connectivity index (χ1n) is 26.3. The molecule has 0 rings (SSSR count). The molecule has 0 heterocycles. The second-order valence-corrected chi connectivity index (χ2v) is 21.7. The van der Waals surface area contributed by atoms with Crippen LogP contribution in [0.15, 0.2) is 0 Å². The van der Waals surface area contributed by atoms with Crippen LogP contribution in [0.4, 0.5) is 0 Å². The molecule has 0 radical (unpaired) electrons. The lowest BCUT2D eigenvalue weighted by atomic mass is 9.92. The Labute approximate surface area is 373 Å². The molecule has 3 nitrogen and oxygen atoms in total. The largest absolute Gasteiger partial charge is 0.484 e. The van der Waals surface area contributed by atoms with E-state index in [1.54, 1.807) is 0 Å². The molecule has 0 fully saturated rings. The Kier molecular flexibility index (Phi) is 48.5. The zero-order valence-corrected chi connectivity index (χ0v) is 42.5. The van der Waals surface area contributed by atoms with E-state index in [1.165, 1.54) is 244 Å². The van der Waals surface area contributed by atoms with Crippen LogP contribution in [0.25, 0.3) is 0 Å². The molecular formula is C51H106O3S2Si. The Balaban J connectivity index is 4.45. The molecule has 0 aromatic heterocycles. The summed E-state index contributed by atoms with van der Waals surface area (Å²) in [6.07, 6.45) is 57.0. The first-order valence-corrected chi connectivity index (χ1v) is 28.6. The maximum Gasteiger partial charge on any atom is 0.484 e. The lowest BCUT2D eigenvalue weighted by molar-refractivity contribution is 0.0842. The van der Waals surface area contributed by atoms with E-state index in [0.29, 0.717) is 12.5 Å². The van der Waals surface area contributed by atoms with Gasteiger partial charge in [0.1, 0.15) is 0 Å². The van der Waals surface area contributed by atoms with Gasteiger partial charge < -0.3 is 13.3 Å². The summed E-state index contributed by atoms with van der Waals surface area (Å²) in [6.45, 7) is 11.4. The standard InChI is InChI=1S/C51H106O3S2Si/c1-5-9-12-15-18-21-24-26-28-31-34-37-40-43-47-52-57(53-48-44-41-38-35-32-29-27-25-22-19-16-13-10-6-2)54-49-46-50(51(55,56)8-4)45-42-39-36-33-30-23-20-17-14-11-7-3/h50,55-57H,5-49H2,1-4H3. The van der Waals surface area contributed by atoms with Crippen molar-refractivity contribution in [2.24, 2.45) is 5.92 Å². The first kappa shape index (κ1) is 57.8. The normalized spacial score (nSPS) is 12.7. The highest BCUT2D eigenvalue weighted by Crippen LogP contribution is 2.38. The van der Waals surface area contributed by atoms with Crippen LogP contribution in [0.1, 0.15) is 297 Å². The van der Waals surface area contributed by atoms with Gasteiger partial charge in [0, 0.05) is 19.8 Å². The van der Waals surface area contributed by atoms with Gasteiger partial charge in [0.2, 0.25) is 0 Å². The van der Waals surface area contributed by atoms with Crippen LogP contribution < -0.4 is 0 Å². The molecule has 0 aromatic carbocycles. The molecule has 1 unspecified atom stereocenters. The summed E-state index contributed by atoms with van der Waals surface area (Å²) in [4.78, 5) is 0. The fourth-order valence-electron chi connectivity index (χ4n) is 8.35. The molecule has 6 heteroatoms. The van der Waals surface area contributed by atoms with E-state index in [4.69, 9.17) is 38.5 Å². The highest BCUT2D eigenvalue weighted by atomic mass is 32.2. The Morgan fingerprint density at radius 3 is 0.842 bits per heavy atom. The van der Waals surface area contributed by atoms with Crippen molar-refractivity contribution in [3.05, 3.63) is 0 Å². The first-order chi connectivity index (χ1) is 28.0. The molecule has 0 aromatic rings. The molecule has 0 spiro atoms. The van der Waals surface area contributed by atoms with Gasteiger partial charge in [-0.2, -0.15) is 25.3 Å². The Hall–Kier alpha value is 0.797. The second-order valence-electron chi connectivity index (χ2n) is 18.1. The van der Waals surface area contributed by atoms with Crippen molar-refractivity contribution < 1.29 is 13.3 Å². The topological polar surface area (TPSA) is 27.7 Å². The lowest BCUT2D eigenvalue weighted by Gasteiger charge is -2.32. The van der Waals surface area contributed by atoms with E-state index in [2.05, 4.69) is 27.7 Å². The van der Waals surface area contributed by atoms with Crippen LogP contribution in [0.2, 0.25) is 0 Å². The quantitative estimate of drug-likeness (QED) is 0.0276. The Morgan fingerprint density at radius 2 is 0.561 bits per heavy atom. The fourth-order valence-corrected chi connectivity index (χ4v) is 10.2. The monoisotopic (exact) mass is 859 g/mol. The summed E-state index contributed by atoms with van der Waals surface area (Å²) in [5.41, 5.74) is 0. The molecular weight excluding hydrogens is 753 g/mol. The minimum Gasteiger partial charge on any atom is -0.376 e. The van der Waals surface area contributed by atoms with Crippen LogP contribution in [0.5, 0.6) is 0 Å². The molecule has 0 aliphatic heterocycles. The smallest absolute Gasteiger partial charge is 0.376 e. The highest BCUT2D eigenvalue weighted by Gasteiger charge is 2.30. The average molecular weight is 860 g/mol. The van der Waals surface area contributed by atoms with Gasteiger partial charge >= 0.3 is 9.53 Å². The van der Waals surface area contributed by atoms with E-state index in [1.807, 2.05) is 0 Å². The van der Waals surface area contributed by atoms with Crippen molar-refractivity contribution in [1.82, 2.24) is 0 Å². The van der Waals surface area contributed by atoms with Gasteiger partial charge in [-0.05, 0) is 38.0 Å². The maximum absolute atomic E-state index is 6.48. The molecule has 344 valence electrons. The molecule has 0 N–H and O–H groups in total. The highest BCUT2D eigenvalue weighted by molar-refractivity contribution is 8.00. The van der Waals surface area contributed by atoms with Gasteiger partial charge in [0.15, 0.2) is 0 Å². The summed E-state index contributed by atoms with van der Waals surface area (Å²) in [6, 6.07) is 0. The molecule has 1 atom stereocenters.